The first-order chi connectivity index (χ1) is 10.6. The molecule has 0 spiro atoms. The van der Waals surface area contributed by atoms with Crippen LogP contribution in [-0.4, -0.2) is 68.1 Å². The lowest BCUT2D eigenvalue weighted by atomic mass is 9.86. The number of piperidine rings is 1. The van der Waals surface area contributed by atoms with Crippen molar-refractivity contribution in [2.75, 3.05) is 46.3 Å². The number of likely N-dealkylation sites (N-methyl/N-ethyl adjacent to an activating group) is 1. The molecule has 2 atom stereocenters. The van der Waals surface area contributed by atoms with E-state index in [4.69, 9.17) is 5.73 Å². The number of piperazine rings is 1. The number of carbonyl (C=O) groups is 1. The molecule has 0 bridgehead atoms. The van der Waals surface area contributed by atoms with Crippen LogP contribution in [0.5, 0.6) is 0 Å². The summed E-state index contributed by atoms with van der Waals surface area (Å²) in [6, 6.07) is 8.25. The Bertz CT molecular complexity index is 508. The molecule has 5 heteroatoms. The first-order valence-corrected chi connectivity index (χ1v) is 8.19. The third kappa shape index (κ3) is 3.32. The Balaban J connectivity index is 1.67. The van der Waals surface area contributed by atoms with Crippen LogP contribution in [0.1, 0.15) is 28.3 Å². The minimum absolute atomic E-state index is 0.147. The number of hydrogen-bond donors (Lipinski definition) is 2. The van der Waals surface area contributed by atoms with Crippen molar-refractivity contribution >= 4 is 5.91 Å². The van der Waals surface area contributed by atoms with Crippen LogP contribution >= 0.6 is 0 Å². The Labute approximate surface area is 132 Å². The van der Waals surface area contributed by atoms with E-state index in [1.165, 1.54) is 5.56 Å². The molecule has 120 valence electrons. The second kappa shape index (κ2) is 6.77. The fourth-order valence-electron chi connectivity index (χ4n) is 3.36. The van der Waals surface area contributed by atoms with Gasteiger partial charge in [0.15, 0.2) is 0 Å². The maximum atomic E-state index is 12.5. The molecular weight excluding hydrogens is 276 g/mol. The maximum Gasteiger partial charge on any atom is 0.253 e. The molecule has 1 aromatic carbocycles. The van der Waals surface area contributed by atoms with E-state index in [9.17, 15) is 4.79 Å². The minimum Gasteiger partial charge on any atom is -0.336 e. The molecule has 2 aliphatic heterocycles. The van der Waals surface area contributed by atoms with Crippen LogP contribution < -0.4 is 11.1 Å². The average Bonchev–Trinajstić information content (AvgIpc) is 2.56. The van der Waals surface area contributed by atoms with E-state index in [2.05, 4.69) is 29.4 Å². The Morgan fingerprint density at radius 1 is 1.18 bits per heavy atom. The van der Waals surface area contributed by atoms with Gasteiger partial charge in [0, 0.05) is 50.2 Å². The summed E-state index contributed by atoms with van der Waals surface area (Å²) in [5, 5.41) is 3.32. The van der Waals surface area contributed by atoms with E-state index >= 15 is 0 Å². The Morgan fingerprint density at radius 3 is 2.50 bits per heavy atom. The van der Waals surface area contributed by atoms with E-state index < -0.39 is 0 Å². The van der Waals surface area contributed by atoms with Crippen molar-refractivity contribution in [2.24, 2.45) is 5.73 Å². The summed E-state index contributed by atoms with van der Waals surface area (Å²) >= 11 is 0. The molecule has 1 amide bonds. The normalized spacial score (nSPS) is 26.9. The molecule has 1 aromatic rings. The summed E-state index contributed by atoms with van der Waals surface area (Å²) in [5.41, 5.74) is 8.24. The first kappa shape index (κ1) is 15.5. The van der Waals surface area contributed by atoms with Crippen LogP contribution in [0, 0.1) is 0 Å². The fourth-order valence-corrected chi connectivity index (χ4v) is 3.36. The van der Waals surface area contributed by atoms with Gasteiger partial charge in [0.25, 0.3) is 5.91 Å². The van der Waals surface area contributed by atoms with Crippen LogP contribution in [0.3, 0.4) is 0 Å². The van der Waals surface area contributed by atoms with Gasteiger partial charge in [-0.3, -0.25) is 4.79 Å². The zero-order valence-electron chi connectivity index (χ0n) is 13.3. The number of nitrogens with two attached hydrogens (primary N) is 1. The second-order valence-corrected chi connectivity index (χ2v) is 6.48. The Morgan fingerprint density at radius 2 is 1.86 bits per heavy atom. The third-order valence-corrected chi connectivity index (χ3v) is 4.91. The summed E-state index contributed by atoms with van der Waals surface area (Å²) in [7, 11) is 2.10. The third-order valence-electron chi connectivity index (χ3n) is 4.91. The van der Waals surface area contributed by atoms with E-state index in [0.717, 1.165) is 51.3 Å². The highest BCUT2D eigenvalue weighted by Gasteiger charge is 2.24. The summed E-state index contributed by atoms with van der Waals surface area (Å²) in [6.07, 6.45) is 1.06. The molecule has 22 heavy (non-hydrogen) atoms. The molecule has 2 fully saturated rings. The van der Waals surface area contributed by atoms with Crippen LogP contribution in [0.15, 0.2) is 24.3 Å². The van der Waals surface area contributed by atoms with Gasteiger partial charge in [-0.05, 0) is 37.7 Å². The van der Waals surface area contributed by atoms with Crippen molar-refractivity contribution in [3.8, 4) is 0 Å². The summed E-state index contributed by atoms with van der Waals surface area (Å²) in [5.74, 6) is 0.545. The van der Waals surface area contributed by atoms with Crippen LogP contribution in [-0.2, 0) is 0 Å². The molecule has 5 nitrogen and oxygen atoms in total. The van der Waals surface area contributed by atoms with Crippen LogP contribution in [0.2, 0.25) is 0 Å². The highest BCUT2D eigenvalue weighted by molar-refractivity contribution is 5.94. The number of nitrogens with one attached hydrogen (secondary N) is 1. The largest absolute Gasteiger partial charge is 0.336 e. The number of carbonyl (C=O) groups excluding carboxylic acids is 1. The molecule has 3 N–H and O–H groups in total. The molecule has 2 saturated heterocycles. The van der Waals surface area contributed by atoms with Crippen molar-refractivity contribution in [2.45, 2.75) is 18.4 Å². The van der Waals surface area contributed by atoms with Gasteiger partial charge in [-0.2, -0.15) is 0 Å². The lowest BCUT2D eigenvalue weighted by Crippen LogP contribution is -2.47. The molecule has 0 aliphatic carbocycles. The van der Waals surface area contributed by atoms with E-state index in [1.807, 2.05) is 17.0 Å². The highest BCUT2D eigenvalue weighted by Crippen LogP contribution is 2.25. The van der Waals surface area contributed by atoms with Crippen molar-refractivity contribution in [3.05, 3.63) is 35.4 Å². The zero-order valence-corrected chi connectivity index (χ0v) is 13.3. The molecule has 0 saturated carbocycles. The van der Waals surface area contributed by atoms with Gasteiger partial charge in [0.05, 0.1) is 0 Å². The molecular formula is C17H26N4O. The number of rotatable bonds is 2. The number of hydrogen-bond acceptors (Lipinski definition) is 4. The summed E-state index contributed by atoms with van der Waals surface area (Å²) in [6.45, 7) is 5.42. The van der Waals surface area contributed by atoms with Gasteiger partial charge in [-0.1, -0.05) is 12.1 Å². The Kier molecular flexibility index (Phi) is 4.76. The van der Waals surface area contributed by atoms with Gasteiger partial charge in [0.2, 0.25) is 0 Å². The molecule has 0 aromatic heterocycles. The minimum atomic E-state index is 0.147. The number of benzene rings is 1. The fraction of sp³-hybridized carbons (Fsp3) is 0.588. The van der Waals surface area contributed by atoms with Crippen LogP contribution in [0.4, 0.5) is 0 Å². The van der Waals surface area contributed by atoms with Gasteiger partial charge < -0.3 is 20.9 Å². The topological polar surface area (TPSA) is 61.6 Å². The first-order valence-electron chi connectivity index (χ1n) is 8.19. The molecule has 3 rings (SSSR count). The van der Waals surface area contributed by atoms with Crippen molar-refractivity contribution in [3.63, 3.8) is 0 Å². The van der Waals surface area contributed by atoms with E-state index in [1.54, 1.807) is 0 Å². The number of nitrogens with zero attached hydrogens (tertiary/aromatic N) is 2. The predicted octanol–water partition coefficient (Wildman–Crippen LogP) is 0.478. The predicted molar refractivity (Wildman–Crippen MR) is 88.0 cm³/mol. The number of amides is 1. The standard InChI is InChI=1S/C17H26N4O/c1-20-8-10-21(11-9-20)17(22)14-4-2-13(3-5-14)15-6-7-19-12-16(15)18/h2-5,15-16,19H,6-12,18H2,1H3. The SMILES string of the molecule is CN1CCN(C(=O)c2ccc(C3CCNCC3N)cc2)CC1. The van der Waals surface area contributed by atoms with Crippen LogP contribution in [0.25, 0.3) is 0 Å². The van der Waals surface area contributed by atoms with Crippen molar-refractivity contribution in [1.82, 2.24) is 15.1 Å². The second-order valence-electron chi connectivity index (χ2n) is 6.48. The van der Waals surface area contributed by atoms with Crippen molar-refractivity contribution in [1.29, 1.82) is 0 Å². The summed E-state index contributed by atoms with van der Waals surface area (Å²) < 4.78 is 0. The zero-order chi connectivity index (χ0) is 15.5. The van der Waals surface area contributed by atoms with Gasteiger partial charge in [-0.15, -0.1) is 0 Å². The van der Waals surface area contributed by atoms with Crippen molar-refractivity contribution < 1.29 is 4.79 Å². The molecule has 2 heterocycles. The quantitative estimate of drug-likeness (QED) is 0.834. The average molecular weight is 302 g/mol. The highest BCUT2D eigenvalue weighted by atomic mass is 16.2. The van der Waals surface area contributed by atoms with E-state index in [-0.39, 0.29) is 11.9 Å². The molecule has 2 unspecified atom stereocenters. The smallest absolute Gasteiger partial charge is 0.253 e. The van der Waals surface area contributed by atoms with Gasteiger partial charge in [0.1, 0.15) is 0 Å². The molecule has 2 aliphatic rings. The lowest BCUT2D eigenvalue weighted by molar-refractivity contribution is 0.0664. The van der Waals surface area contributed by atoms with E-state index in [0.29, 0.717) is 5.92 Å². The lowest BCUT2D eigenvalue weighted by Gasteiger charge is -2.32. The monoisotopic (exact) mass is 302 g/mol. The van der Waals surface area contributed by atoms with Gasteiger partial charge >= 0.3 is 0 Å². The maximum absolute atomic E-state index is 12.5. The van der Waals surface area contributed by atoms with Gasteiger partial charge in [-0.25, -0.2) is 0 Å². The summed E-state index contributed by atoms with van der Waals surface area (Å²) in [4.78, 5) is 16.7. The Hall–Kier alpha value is -1.43. The molecule has 0 radical (unpaired) electrons.